The first-order chi connectivity index (χ1) is 8.99. The lowest BCUT2D eigenvalue weighted by molar-refractivity contribution is -0.384. The first-order valence-electron chi connectivity index (χ1n) is 6.13. The largest absolute Gasteiger partial charge is 0.388 e. The Balaban J connectivity index is 2.91. The van der Waals surface area contributed by atoms with Gasteiger partial charge >= 0.3 is 0 Å². The summed E-state index contributed by atoms with van der Waals surface area (Å²) in [5, 5.41) is 13.9. The van der Waals surface area contributed by atoms with Crippen LogP contribution in [-0.4, -0.2) is 43.7 Å². The van der Waals surface area contributed by atoms with Gasteiger partial charge in [0.05, 0.1) is 11.5 Å². The van der Waals surface area contributed by atoms with Crippen LogP contribution in [0.4, 0.5) is 11.4 Å². The van der Waals surface area contributed by atoms with Gasteiger partial charge in [0.2, 0.25) is 0 Å². The molecule has 1 unspecified atom stereocenters. The van der Waals surface area contributed by atoms with Crippen molar-refractivity contribution in [1.82, 2.24) is 4.90 Å². The predicted molar refractivity (Wildman–Crippen MR) is 75.4 cm³/mol. The average molecular weight is 267 g/mol. The zero-order valence-corrected chi connectivity index (χ0v) is 11.8. The number of benzene rings is 1. The molecule has 0 amide bonds. The van der Waals surface area contributed by atoms with Crippen molar-refractivity contribution < 1.29 is 9.66 Å². The highest BCUT2D eigenvalue weighted by Gasteiger charge is 2.14. The summed E-state index contributed by atoms with van der Waals surface area (Å²) in [6.07, 6.45) is 0. The lowest BCUT2D eigenvalue weighted by atomic mass is 10.1. The zero-order chi connectivity index (χ0) is 14.4. The lowest BCUT2D eigenvalue weighted by Crippen LogP contribution is -2.32. The van der Waals surface area contributed by atoms with E-state index in [9.17, 15) is 10.1 Å². The van der Waals surface area contributed by atoms with Gasteiger partial charge in [-0.3, -0.25) is 15.0 Å². The van der Waals surface area contributed by atoms with E-state index in [1.54, 1.807) is 19.2 Å². The van der Waals surface area contributed by atoms with Crippen molar-refractivity contribution in [1.29, 1.82) is 0 Å². The van der Waals surface area contributed by atoms with Crippen LogP contribution in [0.1, 0.15) is 12.5 Å². The fourth-order valence-corrected chi connectivity index (χ4v) is 1.86. The maximum atomic E-state index is 10.8. The van der Waals surface area contributed by atoms with Crippen molar-refractivity contribution in [2.45, 2.75) is 19.5 Å². The molecule has 0 saturated heterocycles. The van der Waals surface area contributed by atoms with Gasteiger partial charge in [-0.25, -0.2) is 0 Å². The number of nitrogens with zero attached hydrogens (tertiary/aromatic N) is 2. The summed E-state index contributed by atoms with van der Waals surface area (Å²) in [6, 6.07) is 5.10. The third kappa shape index (κ3) is 4.18. The molecule has 6 nitrogen and oxygen atoms in total. The highest BCUT2D eigenvalue weighted by atomic mass is 16.6. The topological polar surface area (TPSA) is 67.6 Å². The molecule has 0 bridgehead atoms. The summed E-state index contributed by atoms with van der Waals surface area (Å²) < 4.78 is 5.12. The Hall–Kier alpha value is -1.66. The Morgan fingerprint density at radius 1 is 1.53 bits per heavy atom. The fourth-order valence-electron chi connectivity index (χ4n) is 1.86. The third-order valence-electron chi connectivity index (χ3n) is 3.15. The monoisotopic (exact) mass is 267 g/mol. The van der Waals surface area contributed by atoms with Gasteiger partial charge in [0.25, 0.3) is 5.69 Å². The molecule has 0 radical (unpaired) electrons. The van der Waals surface area contributed by atoms with E-state index >= 15 is 0 Å². The number of nitrogens with one attached hydrogen (secondary N) is 1. The number of nitro groups is 1. The number of non-ortho nitro benzene ring substituents is 1. The minimum Gasteiger partial charge on any atom is -0.388 e. The van der Waals surface area contributed by atoms with Crippen LogP contribution in [0.25, 0.3) is 0 Å². The van der Waals surface area contributed by atoms with Gasteiger partial charge in [0.1, 0.15) is 0 Å². The van der Waals surface area contributed by atoms with Crippen molar-refractivity contribution in [3.8, 4) is 0 Å². The highest BCUT2D eigenvalue weighted by Crippen LogP contribution is 2.23. The van der Waals surface area contributed by atoms with Gasteiger partial charge in [-0.15, -0.1) is 0 Å². The van der Waals surface area contributed by atoms with E-state index in [1.807, 2.05) is 14.1 Å². The molecule has 19 heavy (non-hydrogen) atoms. The summed E-state index contributed by atoms with van der Waals surface area (Å²) in [4.78, 5) is 12.6. The predicted octanol–water partition coefficient (Wildman–Crippen LogP) is 2.10. The van der Waals surface area contributed by atoms with Crippen molar-refractivity contribution in [2.75, 3.05) is 33.1 Å². The van der Waals surface area contributed by atoms with Crippen LogP contribution in [0.2, 0.25) is 0 Å². The van der Waals surface area contributed by atoms with Gasteiger partial charge in [0, 0.05) is 44.6 Å². The van der Waals surface area contributed by atoms with Crippen LogP contribution in [0.3, 0.4) is 0 Å². The Labute approximate surface area is 113 Å². The molecule has 0 spiro atoms. The van der Waals surface area contributed by atoms with Crippen molar-refractivity contribution in [3.05, 3.63) is 33.9 Å². The minimum atomic E-state index is -0.373. The van der Waals surface area contributed by atoms with E-state index in [0.29, 0.717) is 13.2 Å². The van der Waals surface area contributed by atoms with Crippen LogP contribution >= 0.6 is 0 Å². The molecule has 0 aliphatic rings. The summed E-state index contributed by atoms with van der Waals surface area (Å²) in [5.41, 5.74) is 1.92. The Kier molecular flexibility index (Phi) is 5.72. The number of ether oxygens (including phenoxy) is 1. The average Bonchev–Trinajstić information content (AvgIpc) is 2.38. The van der Waals surface area contributed by atoms with Crippen molar-refractivity contribution in [2.24, 2.45) is 0 Å². The second-order valence-electron chi connectivity index (χ2n) is 4.57. The molecule has 0 heterocycles. The standard InChI is InChI=1S/C13H21N3O3/c1-10(9-19-4)15(3)8-11-7-12(16(17)18)5-6-13(11)14-2/h5-7,10,14H,8-9H2,1-4H3. The lowest BCUT2D eigenvalue weighted by Gasteiger charge is -2.25. The second-order valence-corrected chi connectivity index (χ2v) is 4.57. The molecule has 1 N–H and O–H groups in total. The van der Waals surface area contributed by atoms with E-state index in [-0.39, 0.29) is 16.7 Å². The third-order valence-corrected chi connectivity index (χ3v) is 3.15. The first-order valence-corrected chi connectivity index (χ1v) is 6.13. The van der Waals surface area contributed by atoms with Crippen molar-refractivity contribution >= 4 is 11.4 Å². The summed E-state index contributed by atoms with van der Waals surface area (Å²) in [6.45, 7) is 3.31. The first kappa shape index (κ1) is 15.4. The van der Waals surface area contributed by atoms with Gasteiger partial charge < -0.3 is 10.1 Å². The maximum absolute atomic E-state index is 10.8. The molecule has 0 aliphatic heterocycles. The molecule has 6 heteroatoms. The summed E-state index contributed by atoms with van der Waals surface area (Å²) in [7, 11) is 5.45. The Morgan fingerprint density at radius 2 is 2.21 bits per heavy atom. The molecular weight excluding hydrogens is 246 g/mol. The van der Waals surface area contributed by atoms with Crippen LogP contribution in [0.15, 0.2) is 18.2 Å². The molecule has 1 atom stereocenters. The zero-order valence-electron chi connectivity index (χ0n) is 11.8. The van der Waals surface area contributed by atoms with Crippen molar-refractivity contribution in [3.63, 3.8) is 0 Å². The molecule has 106 valence electrons. The SMILES string of the molecule is CNc1ccc([N+](=O)[O-])cc1CN(C)C(C)COC. The Bertz CT molecular complexity index is 437. The van der Waals surface area contributed by atoms with Crippen LogP contribution < -0.4 is 5.32 Å². The molecule has 0 saturated carbocycles. The Morgan fingerprint density at radius 3 is 2.74 bits per heavy atom. The quantitative estimate of drug-likeness (QED) is 0.605. The normalized spacial score (nSPS) is 12.5. The van der Waals surface area contributed by atoms with Gasteiger partial charge in [0.15, 0.2) is 0 Å². The van der Waals surface area contributed by atoms with Crippen LogP contribution in [0, 0.1) is 10.1 Å². The number of hydrogen-bond acceptors (Lipinski definition) is 5. The number of hydrogen-bond donors (Lipinski definition) is 1. The smallest absolute Gasteiger partial charge is 0.269 e. The molecule has 1 aromatic rings. The molecule has 1 aromatic carbocycles. The molecule has 1 rings (SSSR count). The second kappa shape index (κ2) is 7.06. The molecular formula is C13H21N3O3. The number of rotatable bonds is 7. The number of methoxy groups -OCH3 is 1. The van der Waals surface area contributed by atoms with E-state index in [2.05, 4.69) is 17.1 Å². The number of nitro benzene ring substituents is 1. The molecule has 0 aliphatic carbocycles. The number of anilines is 1. The maximum Gasteiger partial charge on any atom is 0.269 e. The minimum absolute atomic E-state index is 0.113. The van der Waals surface area contributed by atoms with Gasteiger partial charge in [-0.05, 0) is 25.6 Å². The van der Waals surface area contributed by atoms with Crippen LogP contribution in [-0.2, 0) is 11.3 Å². The molecule has 0 fully saturated rings. The fraction of sp³-hybridized carbons (Fsp3) is 0.538. The summed E-state index contributed by atoms with van der Waals surface area (Å²) in [5.74, 6) is 0. The van der Waals surface area contributed by atoms with E-state index in [0.717, 1.165) is 11.3 Å². The van der Waals surface area contributed by atoms with E-state index < -0.39 is 0 Å². The van der Waals surface area contributed by atoms with E-state index in [4.69, 9.17) is 4.74 Å². The number of likely N-dealkylation sites (N-methyl/N-ethyl adjacent to an activating group) is 1. The summed E-state index contributed by atoms with van der Waals surface area (Å²) >= 11 is 0. The van der Waals surface area contributed by atoms with Crippen LogP contribution in [0.5, 0.6) is 0 Å². The molecule has 0 aromatic heterocycles. The van der Waals surface area contributed by atoms with E-state index in [1.165, 1.54) is 6.07 Å². The highest BCUT2D eigenvalue weighted by molar-refractivity contribution is 5.55. The van der Waals surface area contributed by atoms with Gasteiger partial charge in [-0.1, -0.05) is 0 Å². The van der Waals surface area contributed by atoms with Gasteiger partial charge in [-0.2, -0.15) is 0 Å².